The number of carbonyl (C=O) groups is 2. The molecule has 98 valence electrons. The quantitative estimate of drug-likeness (QED) is 0.711. The van der Waals surface area contributed by atoms with E-state index in [9.17, 15) is 9.59 Å². The van der Waals surface area contributed by atoms with Crippen LogP contribution in [0.15, 0.2) is 0 Å². The van der Waals surface area contributed by atoms with Crippen molar-refractivity contribution in [1.29, 1.82) is 0 Å². The summed E-state index contributed by atoms with van der Waals surface area (Å²) in [6.07, 6.45) is 2.53. The first-order valence-electron chi connectivity index (χ1n) is 6.23. The Labute approximate surface area is 103 Å². The van der Waals surface area contributed by atoms with E-state index in [1.165, 1.54) is 0 Å². The maximum Gasteiger partial charge on any atom is 0.411 e. The summed E-state index contributed by atoms with van der Waals surface area (Å²) in [5.74, 6) is 0.322. The normalized spacial score (nSPS) is 17.8. The largest absolute Gasteiger partial charge is 0.444 e. The lowest BCUT2D eigenvalue weighted by molar-refractivity contribution is -0.113. The van der Waals surface area contributed by atoms with E-state index in [-0.39, 0.29) is 12.1 Å². The van der Waals surface area contributed by atoms with Crippen LogP contribution in [0.25, 0.3) is 0 Å². The zero-order valence-corrected chi connectivity index (χ0v) is 11.4. The SMILES string of the molecule is CC(C)N(C(=O)OC(C)(C)C)C(C=O)C1CC1. The summed E-state index contributed by atoms with van der Waals surface area (Å²) in [6, 6.07) is -0.356. The highest BCUT2D eigenvalue weighted by Crippen LogP contribution is 2.35. The van der Waals surface area contributed by atoms with Crippen molar-refractivity contribution >= 4 is 12.4 Å². The van der Waals surface area contributed by atoms with Crippen LogP contribution in [0.5, 0.6) is 0 Å². The predicted octanol–water partition coefficient (Wildman–Crippen LogP) is 2.61. The maximum atomic E-state index is 12.1. The number of rotatable bonds is 4. The molecule has 0 heterocycles. The second-order valence-electron chi connectivity index (χ2n) is 5.95. The smallest absolute Gasteiger partial charge is 0.411 e. The molecule has 0 radical (unpaired) electrons. The second kappa shape index (κ2) is 5.07. The zero-order valence-electron chi connectivity index (χ0n) is 11.4. The van der Waals surface area contributed by atoms with Crippen LogP contribution in [0.1, 0.15) is 47.5 Å². The minimum atomic E-state index is -0.527. The molecule has 0 bridgehead atoms. The van der Waals surface area contributed by atoms with Crippen LogP contribution in [0.4, 0.5) is 4.79 Å². The first kappa shape index (κ1) is 14.0. The van der Waals surface area contributed by atoms with Gasteiger partial charge in [-0.2, -0.15) is 0 Å². The summed E-state index contributed by atoms with van der Waals surface area (Å²) in [4.78, 5) is 24.8. The van der Waals surface area contributed by atoms with Crippen molar-refractivity contribution in [2.75, 3.05) is 0 Å². The lowest BCUT2D eigenvalue weighted by Gasteiger charge is -2.33. The second-order valence-corrected chi connectivity index (χ2v) is 5.95. The Balaban J connectivity index is 2.77. The molecular formula is C13H23NO3. The topological polar surface area (TPSA) is 46.6 Å². The van der Waals surface area contributed by atoms with Crippen molar-refractivity contribution in [2.45, 2.75) is 65.1 Å². The molecule has 1 aliphatic carbocycles. The molecule has 4 nitrogen and oxygen atoms in total. The molecule has 1 saturated carbocycles. The van der Waals surface area contributed by atoms with E-state index in [2.05, 4.69) is 0 Å². The van der Waals surface area contributed by atoms with E-state index in [1.807, 2.05) is 34.6 Å². The fourth-order valence-electron chi connectivity index (χ4n) is 1.83. The van der Waals surface area contributed by atoms with Crippen LogP contribution in [-0.4, -0.2) is 35.0 Å². The molecule has 0 N–H and O–H groups in total. The molecule has 0 saturated heterocycles. The Kier molecular flexibility index (Phi) is 4.17. The summed E-state index contributed by atoms with van der Waals surface area (Å²) in [5.41, 5.74) is -0.527. The first-order valence-corrected chi connectivity index (χ1v) is 6.23. The number of aldehydes is 1. The van der Waals surface area contributed by atoms with Gasteiger partial charge in [0.1, 0.15) is 11.9 Å². The zero-order chi connectivity index (χ0) is 13.2. The molecule has 0 spiro atoms. The summed E-state index contributed by atoms with van der Waals surface area (Å²) in [5, 5.41) is 0. The Morgan fingerprint density at radius 3 is 2.18 bits per heavy atom. The van der Waals surface area contributed by atoms with Crippen LogP contribution >= 0.6 is 0 Å². The third kappa shape index (κ3) is 4.02. The molecule has 4 heteroatoms. The lowest BCUT2D eigenvalue weighted by atomic mass is 10.1. The molecule has 0 aromatic heterocycles. The lowest BCUT2D eigenvalue weighted by Crippen LogP contribution is -2.49. The molecule has 0 aromatic rings. The van der Waals surface area contributed by atoms with E-state index < -0.39 is 11.7 Å². The summed E-state index contributed by atoms with van der Waals surface area (Å²) in [7, 11) is 0. The number of carbonyl (C=O) groups excluding carboxylic acids is 2. The van der Waals surface area contributed by atoms with Crippen LogP contribution < -0.4 is 0 Å². The number of amides is 1. The molecule has 0 aliphatic heterocycles. The Hall–Kier alpha value is -1.06. The Bertz CT molecular complexity index is 290. The van der Waals surface area contributed by atoms with Crippen molar-refractivity contribution in [1.82, 2.24) is 4.90 Å². The van der Waals surface area contributed by atoms with Gasteiger partial charge in [-0.3, -0.25) is 4.90 Å². The van der Waals surface area contributed by atoms with E-state index in [0.29, 0.717) is 5.92 Å². The van der Waals surface area contributed by atoms with Gasteiger partial charge in [0.25, 0.3) is 0 Å². The fourth-order valence-corrected chi connectivity index (χ4v) is 1.83. The van der Waals surface area contributed by atoms with Gasteiger partial charge in [0, 0.05) is 6.04 Å². The van der Waals surface area contributed by atoms with E-state index in [0.717, 1.165) is 19.1 Å². The standard InChI is InChI=1S/C13H23NO3/c1-9(2)14(11(8-15)10-6-7-10)12(16)17-13(3,4)5/h8-11H,6-7H2,1-5H3. The highest BCUT2D eigenvalue weighted by molar-refractivity contribution is 5.74. The predicted molar refractivity (Wildman–Crippen MR) is 65.8 cm³/mol. The molecule has 1 atom stereocenters. The van der Waals surface area contributed by atoms with Gasteiger partial charge in [-0.15, -0.1) is 0 Å². The minimum Gasteiger partial charge on any atom is -0.444 e. The van der Waals surface area contributed by atoms with Crippen LogP contribution in [-0.2, 0) is 9.53 Å². The molecule has 1 fully saturated rings. The van der Waals surface area contributed by atoms with Gasteiger partial charge in [-0.05, 0) is 53.4 Å². The fraction of sp³-hybridized carbons (Fsp3) is 0.846. The number of hydrogen-bond donors (Lipinski definition) is 0. The molecule has 1 rings (SSSR count). The molecular weight excluding hydrogens is 218 g/mol. The summed E-state index contributed by atoms with van der Waals surface area (Å²) < 4.78 is 5.35. The van der Waals surface area contributed by atoms with Crippen molar-refractivity contribution in [3.05, 3.63) is 0 Å². The first-order chi connectivity index (χ1) is 7.76. The van der Waals surface area contributed by atoms with Crippen molar-refractivity contribution in [3.8, 4) is 0 Å². The van der Waals surface area contributed by atoms with Crippen LogP contribution in [0.3, 0.4) is 0 Å². The minimum absolute atomic E-state index is 0.0272. The summed E-state index contributed by atoms with van der Waals surface area (Å²) >= 11 is 0. The van der Waals surface area contributed by atoms with Gasteiger partial charge in [0.05, 0.1) is 6.04 Å². The summed E-state index contributed by atoms with van der Waals surface area (Å²) in [6.45, 7) is 9.30. The Morgan fingerprint density at radius 2 is 1.88 bits per heavy atom. The van der Waals surface area contributed by atoms with Crippen molar-refractivity contribution < 1.29 is 14.3 Å². The average molecular weight is 241 g/mol. The van der Waals surface area contributed by atoms with Gasteiger partial charge < -0.3 is 9.53 Å². The molecule has 17 heavy (non-hydrogen) atoms. The highest BCUT2D eigenvalue weighted by Gasteiger charge is 2.40. The maximum absolute atomic E-state index is 12.1. The molecule has 0 aromatic carbocycles. The molecule has 1 aliphatic rings. The van der Waals surface area contributed by atoms with Crippen LogP contribution in [0, 0.1) is 5.92 Å². The van der Waals surface area contributed by atoms with E-state index in [4.69, 9.17) is 4.74 Å². The molecule has 1 unspecified atom stereocenters. The van der Waals surface area contributed by atoms with Crippen molar-refractivity contribution in [2.24, 2.45) is 5.92 Å². The third-order valence-electron chi connectivity index (χ3n) is 2.73. The van der Waals surface area contributed by atoms with Gasteiger partial charge >= 0.3 is 6.09 Å². The Morgan fingerprint density at radius 1 is 1.35 bits per heavy atom. The highest BCUT2D eigenvalue weighted by atomic mass is 16.6. The third-order valence-corrected chi connectivity index (χ3v) is 2.73. The van der Waals surface area contributed by atoms with E-state index in [1.54, 1.807) is 4.90 Å². The average Bonchev–Trinajstić information content (AvgIpc) is 2.92. The number of nitrogens with zero attached hydrogens (tertiary/aromatic N) is 1. The van der Waals surface area contributed by atoms with Gasteiger partial charge in [0.2, 0.25) is 0 Å². The number of hydrogen-bond acceptors (Lipinski definition) is 3. The van der Waals surface area contributed by atoms with Gasteiger partial charge in [-0.25, -0.2) is 4.79 Å². The van der Waals surface area contributed by atoms with E-state index >= 15 is 0 Å². The monoisotopic (exact) mass is 241 g/mol. The van der Waals surface area contributed by atoms with Crippen LogP contribution in [0.2, 0.25) is 0 Å². The van der Waals surface area contributed by atoms with Gasteiger partial charge in [-0.1, -0.05) is 0 Å². The number of ether oxygens (including phenoxy) is 1. The van der Waals surface area contributed by atoms with Crippen molar-refractivity contribution in [3.63, 3.8) is 0 Å². The molecule has 1 amide bonds. The van der Waals surface area contributed by atoms with Gasteiger partial charge in [0.15, 0.2) is 0 Å².